The highest BCUT2D eigenvalue weighted by molar-refractivity contribution is 5.71. The molecule has 2 N–H and O–H groups in total. The van der Waals surface area contributed by atoms with Crippen molar-refractivity contribution in [3.8, 4) is 11.5 Å². The molecule has 1 saturated heterocycles. The van der Waals surface area contributed by atoms with Gasteiger partial charge in [-0.3, -0.25) is 14.5 Å². The van der Waals surface area contributed by atoms with E-state index in [1.54, 1.807) is 12.1 Å². The largest absolute Gasteiger partial charge is 0.508 e. The second-order valence-electron chi connectivity index (χ2n) is 7.05. The van der Waals surface area contributed by atoms with Crippen molar-refractivity contribution in [2.75, 3.05) is 20.2 Å². The van der Waals surface area contributed by atoms with E-state index in [4.69, 9.17) is 9.15 Å². The molecule has 0 spiro atoms. The van der Waals surface area contributed by atoms with Crippen molar-refractivity contribution >= 4 is 5.97 Å². The average molecular weight is 387 g/mol. The third-order valence-electron chi connectivity index (χ3n) is 5.04. The molecule has 1 aromatic heterocycles. The molecule has 2 aromatic rings. The van der Waals surface area contributed by atoms with Crippen LogP contribution in [-0.4, -0.2) is 41.3 Å². The Morgan fingerprint density at radius 1 is 1.18 bits per heavy atom. The van der Waals surface area contributed by atoms with Crippen molar-refractivity contribution < 1.29 is 24.2 Å². The molecule has 3 rings (SSSR count). The molecule has 0 radical (unpaired) electrons. The van der Waals surface area contributed by atoms with E-state index in [1.165, 1.54) is 31.7 Å². The minimum Gasteiger partial charge on any atom is -0.508 e. The zero-order chi connectivity index (χ0) is 20.1. The number of hydrogen-bond acceptors (Lipinski definition) is 7. The van der Waals surface area contributed by atoms with Gasteiger partial charge in [-0.15, -0.1) is 0 Å². The van der Waals surface area contributed by atoms with Crippen LogP contribution in [0.1, 0.15) is 48.7 Å². The Kier molecular flexibility index (Phi) is 6.36. The minimum absolute atomic E-state index is 0.0376. The molecule has 150 valence electrons. The van der Waals surface area contributed by atoms with Gasteiger partial charge in [0.15, 0.2) is 5.76 Å². The third kappa shape index (κ3) is 4.72. The first-order valence-electron chi connectivity index (χ1n) is 9.42. The van der Waals surface area contributed by atoms with Gasteiger partial charge in [-0.2, -0.15) is 0 Å². The first-order valence-corrected chi connectivity index (χ1v) is 9.42. The zero-order valence-electron chi connectivity index (χ0n) is 15.9. The summed E-state index contributed by atoms with van der Waals surface area (Å²) in [4.78, 5) is 26.5. The van der Waals surface area contributed by atoms with Gasteiger partial charge in [0.05, 0.1) is 26.0 Å². The summed E-state index contributed by atoms with van der Waals surface area (Å²) in [6, 6.07) is 7.51. The molecule has 0 amide bonds. The smallest absolute Gasteiger partial charge is 0.306 e. The molecule has 1 aromatic carbocycles. The van der Waals surface area contributed by atoms with Crippen LogP contribution >= 0.6 is 0 Å². The van der Waals surface area contributed by atoms with Crippen LogP contribution in [0.25, 0.3) is 0 Å². The molecule has 0 unspecified atom stereocenters. The predicted octanol–water partition coefficient (Wildman–Crippen LogP) is 2.73. The predicted molar refractivity (Wildman–Crippen MR) is 102 cm³/mol. The highest BCUT2D eigenvalue weighted by Crippen LogP contribution is 2.34. The number of rotatable bonds is 6. The van der Waals surface area contributed by atoms with Crippen molar-refractivity contribution in [1.82, 2.24) is 4.90 Å². The first kappa shape index (κ1) is 19.9. The molecule has 0 saturated carbocycles. The number of phenolic OH excluding ortho intramolecular Hbond substituents is 1. The Bertz CT molecular complexity index is 867. The van der Waals surface area contributed by atoms with Gasteiger partial charge in [0, 0.05) is 6.07 Å². The molecule has 1 aliphatic rings. The van der Waals surface area contributed by atoms with Gasteiger partial charge in [-0.1, -0.05) is 18.6 Å². The molecule has 0 bridgehead atoms. The fourth-order valence-corrected chi connectivity index (χ4v) is 3.53. The number of esters is 1. The molecular formula is C21H25NO6. The molecule has 1 fully saturated rings. The Balaban J connectivity index is 1.98. The van der Waals surface area contributed by atoms with E-state index in [0.717, 1.165) is 25.9 Å². The van der Waals surface area contributed by atoms with Gasteiger partial charge < -0.3 is 19.4 Å². The quantitative estimate of drug-likeness (QED) is 0.735. The van der Waals surface area contributed by atoms with Gasteiger partial charge >= 0.3 is 5.97 Å². The highest BCUT2D eigenvalue weighted by Gasteiger charge is 2.27. The lowest BCUT2D eigenvalue weighted by Gasteiger charge is -2.26. The van der Waals surface area contributed by atoms with E-state index in [1.807, 2.05) is 0 Å². The number of carbonyl (C=O) groups excluding carboxylic acids is 1. The second kappa shape index (κ2) is 8.93. The number of ether oxygens (including phenoxy) is 1. The minimum atomic E-state index is -0.706. The van der Waals surface area contributed by atoms with Crippen molar-refractivity contribution in [3.05, 3.63) is 57.6 Å². The topological polar surface area (TPSA) is 100 Å². The lowest BCUT2D eigenvalue weighted by Crippen LogP contribution is -2.29. The molecule has 7 heteroatoms. The van der Waals surface area contributed by atoms with E-state index < -0.39 is 23.1 Å². The maximum atomic E-state index is 12.4. The number of piperidine rings is 1. The van der Waals surface area contributed by atoms with E-state index in [0.29, 0.717) is 17.9 Å². The highest BCUT2D eigenvalue weighted by atomic mass is 16.5. The van der Waals surface area contributed by atoms with Crippen LogP contribution in [0.3, 0.4) is 0 Å². The van der Waals surface area contributed by atoms with Crippen LogP contribution in [0.2, 0.25) is 0 Å². The molecule has 7 nitrogen and oxygen atoms in total. The number of methoxy groups -OCH3 is 1. The Morgan fingerprint density at radius 2 is 1.86 bits per heavy atom. The number of hydrogen-bond donors (Lipinski definition) is 2. The van der Waals surface area contributed by atoms with Gasteiger partial charge in [-0.05, 0) is 43.6 Å². The maximum Gasteiger partial charge on any atom is 0.306 e. The van der Waals surface area contributed by atoms with Gasteiger partial charge in [0.25, 0.3) is 0 Å². The van der Waals surface area contributed by atoms with E-state index in [-0.39, 0.29) is 17.9 Å². The Hall–Kier alpha value is -2.80. The lowest BCUT2D eigenvalue weighted by atomic mass is 9.92. The summed E-state index contributed by atoms with van der Waals surface area (Å²) in [5, 5.41) is 19.9. The lowest BCUT2D eigenvalue weighted by molar-refractivity contribution is -0.140. The first-order chi connectivity index (χ1) is 13.5. The summed E-state index contributed by atoms with van der Waals surface area (Å²) in [6.07, 6.45) is 3.30. The van der Waals surface area contributed by atoms with E-state index in [9.17, 15) is 19.8 Å². The number of aromatic hydroxyl groups is 2. The van der Waals surface area contributed by atoms with Gasteiger partial charge in [-0.25, -0.2) is 0 Å². The molecule has 2 heterocycles. The van der Waals surface area contributed by atoms with Crippen LogP contribution in [0.5, 0.6) is 11.5 Å². The monoisotopic (exact) mass is 387 g/mol. The second-order valence-corrected chi connectivity index (χ2v) is 7.05. The number of nitrogens with zero attached hydrogens (tertiary/aromatic N) is 1. The number of carbonyl (C=O) groups is 1. The fourth-order valence-electron chi connectivity index (χ4n) is 3.53. The maximum absolute atomic E-state index is 12.4. The molecule has 28 heavy (non-hydrogen) atoms. The third-order valence-corrected chi connectivity index (χ3v) is 5.04. The van der Waals surface area contributed by atoms with Crippen LogP contribution in [0.4, 0.5) is 0 Å². The Morgan fingerprint density at radius 3 is 2.50 bits per heavy atom. The van der Waals surface area contributed by atoms with Gasteiger partial charge in [0.1, 0.15) is 11.5 Å². The van der Waals surface area contributed by atoms with Crippen molar-refractivity contribution in [3.63, 3.8) is 0 Å². The summed E-state index contributed by atoms with van der Waals surface area (Å²) in [6.45, 7) is 2.34. The SMILES string of the molecule is COC(=O)C[C@H](c1ccc(O)cc1)c1oc(CN2CCCCC2)cc(=O)c1O. The van der Waals surface area contributed by atoms with E-state index >= 15 is 0 Å². The van der Waals surface area contributed by atoms with Gasteiger partial charge in [0.2, 0.25) is 11.2 Å². The molecule has 0 aliphatic carbocycles. The van der Waals surface area contributed by atoms with Crippen LogP contribution < -0.4 is 5.43 Å². The summed E-state index contributed by atoms with van der Waals surface area (Å²) < 4.78 is 10.7. The van der Waals surface area contributed by atoms with Crippen molar-refractivity contribution in [2.45, 2.75) is 38.1 Å². The van der Waals surface area contributed by atoms with Crippen LogP contribution in [0, 0.1) is 0 Å². The van der Waals surface area contributed by atoms with Crippen molar-refractivity contribution in [2.24, 2.45) is 0 Å². The molecule has 1 aliphatic heterocycles. The molecule has 1 atom stereocenters. The number of phenols is 1. The summed E-state index contributed by atoms with van der Waals surface area (Å²) in [5.41, 5.74) is 0.0821. The Labute approximate surface area is 163 Å². The summed E-state index contributed by atoms with van der Waals surface area (Å²) in [7, 11) is 1.28. The average Bonchev–Trinajstić information content (AvgIpc) is 2.70. The molecular weight excluding hydrogens is 362 g/mol. The number of benzene rings is 1. The van der Waals surface area contributed by atoms with E-state index in [2.05, 4.69) is 4.90 Å². The van der Waals surface area contributed by atoms with Crippen LogP contribution in [0.15, 0.2) is 39.5 Å². The summed E-state index contributed by atoms with van der Waals surface area (Å²) in [5.74, 6) is -1.15. The standard InChI is InChI=1S/C21H25NO6/c1-27-19(25)12-17(14-5-7-15(23)8-6-14)21-20(26)18(24)11-16(28-21)13-22-9-3-2-4-10-22/h5-8,11,17,23,26H,2-4,9-10,12-13H2,1H3/t17-/m1/s1. The fraction of sp³-hybridized carbons (Fsp3) is 0.429. The summed E-state index contributed by atoms with van der Waals surface area (Å²) >= 11 is 0. The van der Waals surface area contributed by atoms with Crippen molar-refractivity contribution in [1.29, 1.82) is 0 Å². The number of likely N-dealkylation sites (tertiary alicyclic amines) is 1. The van der Waals surface area contributed by atoms with Crippen LogP contribution in [-0.2, 0) is 16.1 Å². The zero-order valence-corrected chi connectivity index (χ0v) is 15.9. The normalized spacial score (nSPS) is 15.9.